The Balaban J connectivity index is 2.49. The van der Waals surface area contributed by atoms with Gasteiger partial charge in [-0.25, -0.2) is 0 Å². The molecule has 1 aliphatic heterocycles. The molecule has 0 spiro atoms. The predicted molar refractivity (Wildman–Crippen MR) is 75.2 cm³/mol. The number of morpholine rings is 1. The zero-order chi connectivity index (χ0) is 14.3. The lowest BCUT2D eigenvalue weighted by Crippen LogP contribution is -2.53. The molecule has 0 aliphatic carbocycles. The van der Waals surface area contributed by atoms with Gasteiger partial charge in [0.1, 0.15) is 5.54 Å². The van der Waals surface area contributed by atoms with Crippen LogP contribution in [0.2, 0.25) is 0 Å². The summed E-state index contributed by atoms with van der Waals surface area (Å²) in [6, 6.07) is 0. The topological polar surface area (TPSA) is 50.8 Å². The molecule has 0 amide bonds. The molecule has 1 fully saturated rings. The van der Waals surface area contributed by atoms with Crippen molar-refractivity contribution in [2.45, 2.75) is 45.3 Å². The van der Waals surface area contributed by atoms with Crippen molar-refractivity contribution in [2.75, 3.05) is 39.9 Å². The van der Waals surface area contributed by atoms with Crippen molar-refractivity contribution >= 4 is 5.97 Å². The van der Waals surface area contributed by atoms with Gasteiger partial charge >= 0.3 is 5.97 Å². The molecule has 2 unspecified atom stereocenters. The summed E-state index contributed by atoms with van der Waals surface area (Å²) in [5, 5.41) is 3.31. The standard InChI is InChI=1S/C14H28N2O3/c1-5-7-15-14(3,13(17)18-4)6-8-16-9-10-19-12(2)11-16/h12,15H,5-11H2,1-4H3. The maximum Gasteiger partial charge on any atom is 0.325 e. The van der Waals surface area contributed by atoms with Gasteiger partial charge in [-0.05, 0) is 33.2 Å². The lowest BCUT2D eigenvalue weighted by atomic mass is 9.97. The number of carbonyl (C=O) groups excluding carboxylic acids is 1. The van der Waals surface area contributed by atoms with E-state index < -0.39 is 5.54 Å². The summed E-state index contributed by atoms with van der Waals surface area (Å²) < 4.78 is 10.5. The largest absolute Gasteiger partial charge is 0.468 e. The van der Waals surface area contributed by atoms with Crippen LogP contribution < -0.4 is 5.32 Å². The Bertz CT molecular complexity index is 286. The molecule has 0 bridgehead atoms. The van der Waals surface area contributed by atoms with Crippen LogP contribution >= 0.6 is 0 Å². The van der Waals surface area contributed by atoms with Gasteiger partial charge in [-0.15, -0.1) is 0 Å². The second-order valence-corrected chi connectivity index (χ2v) is 5.48. The van der Waals surface area contributed by atoms with Gasteiger partial charge in [0.2, 0.25) is 0 Å². The first kappa shape index (κ1) is 16.4. The SMILES string of the molecule is CCCNC(C)(CCN1CCOC(C)C1)C(=O)OC. The van der Waals surface area contributed by atoms with Crippen LogP contribution in [0.4, 0.5) is 0 Å². The molecule has 5 heteroatoms. The summed E-state index contributed by atoms with van der Waals surface area (Å²) in [4.78, 5) is 14.3. The van der Waals surface area contributed by atoms with Gasteiger partial charge in [-0.3, -0.25) is 9.69 Å². The monoisotopic (exact) mass is 272 g/mol. The maximum absolute atomic E-state index is 11.9. The third kappa shape index (κ3) is 5.09. The second kappa shape index (κ2) is 7.82. The highest BCUT2D eigenvalue weighted by atomic mass is 16.5. The Kier molecular flexibility index (Phi) is 6.75. The molecular weight excluding hydrogens is 244 g/mol. The zero-order valence-corrected chi connectivity index (χ0v) is 12.7. The molecule has 0 aromatic carbocycles. The molecule has 112 valence electrons. The summed E-state index contributed by atoms with van der Waals surface area (Å²) in [5.41, 5.74) is -0.591. The van der Waals surface area contributed by atoms with Gasteiger partial charge in [0.15, 0.2) is 0 Å². The summed E-state index contributed by atoms with van der Waals surface area (Å²) in [6.45, 7) is 10.5. The van der Waals surface area contributed by atoms with E-state index in [1.807, 2.05) is 6.92 Å². The quantitative estimate of drug-likeness (QED) is 0.702. The maximum atomic E-state index is 11.9. The van der Waals surface area contributed by atoms with E-state index in [-0.39, 0.29) is 12.1 Å². The number of rotatable bonds is 7. The van der Waals surface area contributed by atoms with Gasteiger partial charge < -0.3 is 14.8 Å². The molecule has 2 atom stereocenters. The van der Waals surface area contributed by atoms with Crippen molar-refractivity contribution in [3.8, 4) is 0 Å². The van der Waals surface area contributed by atoms with E-state index in [1.54, 1.807) is 0 Å². The van der Waals surface area contributed by atoms with Gasteiger partial charge in [0.05, 0.1) is 19.8 Å². The van der Waals surface area contributed by atoms with Gasteiger partial charge in [0, 0.05) is 19.6 Å². The average molecular weight is 272 g/mol. The lowest BCUT2D eigenvalue weighted by molar-refractivity contribution is -0.148. The van der Waals surface area contributed by atoms with Crippen LogP contribution in [0.1, 0.15) is 33.6 Å². The lowest BCUT2D eigenvalue weighted by Gasteiger charge is -2.34. The zero-order valence-electron chi connectivity index (χ0n) is 12.7. The molecule has 5 nitrogen and oxygen atoms in total. The van der Waals surface area contributed by atoms with E-state index >= 15 is 0 Å². The molecule has 1 aliphatic rings. The Morgan fingerprint density at radius 2 is 2.32 bits per heavy atom. The molecule has 1 heterocycles. The molecule has 19 heavy (non-hydrogen) atoms. The van der Waals surface area contributed by atoms with Crippen LogP contribution in [-0.4, -0.2) is 62.4 Å². The molecule has 0 saturated carbocycles. The summed E-state index contributed by atoms with van der Waals surface area (Å²) in [6.07, 6.45) is 2.04. The Morgan fingerprint density at radius 3 is 2.89 bits per heavy atom. The van der Waals surface area contributed by atoms with E-state index in [9.17, 15) is 4.79 Å². The minimum absolute atomic E-state index is 0.178. The minimum atomic E-state index is -0.591. The third-order valence-electron chi connectivity index (χ3n) is 3.65. The van der Waals surface area contributed by atoms with Crippen LogP contribution in [0.15, 0.2) is 0 Å². The minimum Gasteiger partial charge on any atom is -0.468 e. The molecule has 1 N–H and O–H groups in total. The first-order valence-electron chi connectivity index (χ1n) is 7.19. The van der Waals surface area contributed by atoms with Gasteiger partial charge in [-0.1, -0.05) is 6.92 Å². The number of ether oxygens (including phenoxy) is 2. The molecule has 0 aromatic rings. The van der Waals surface area contributed by atoms with Crippen molar-refractivity contribution in [3.63, 3.8) is 0 Å². The first-order chi connectivity index (χ1) is 9.01. The predicted octanol–water partition coefficient (Wildman–Crippen LogP) is 1.03. The van der Waals surface area contributed by atoms with E-state index in [0.29, 0.717) is 0 Å². The smallest absolute Gasteiger partial charge is 0.325 e. The highest BCUT2D eigenvalue weighted by molar-refractivity contribution is 5.80. The van der Waals surface area contributed by atoms with Crippen molar-refractivity contribution in [3.05, 3.63) is 0 Å². The number of nitrogens with zero attached hydrogens (tertiary/aromatic N) is 1. The highest BCUT2D eigenvalue weighted by Gasteiger charge is 2.34. The number of nitrogens with one attached hydrogen (secondary N) is 1. The van der Waals surface area contributed by atoms with Crippen LogP contribution in [0.3, 0.4) is 0 Å². The fourth-order valence-corrected chi connectivity index (χ4v) is 2.36. The Hall–Kier alpha value is -0.650. The average Bonchev–Trinajstić information content (AvgIpc) is 2.42. The van der Waals surface area contributed by atoms with Gasteiger partial charge in [0.25, 0.3) is 0 Å². The van der Waals surface area contributed by atoms with Crippen LogP contribution in [0.25, 0.3) is 0 Å². The fourth-order valence-electron chi connectivity index (χ4n) is 2.36. The van der Waals surface area contributed by atoms with Crippen LogP contribution in [0, 0.1) is 0 Å². The van der Waals surface area contributed by atoms with Crippen molar-refractivity contribution < 1.29 is 14.3 Å². The number of methoxy groups -OCH3 is 1. The van der Waals surface area contributed by atoms with Crippen LogP contribution in [-0.2, 0) is 14.3 Å². The Labute approximate surface area is 116 Å². The molecule has 1 saturated heterocycles. The van der Waals surface area contributed by atoms with Crippen molar-refractivity contribution in [1.29, 1.82) is 0 Å². The highest BCUT2D eigenvalue weighted by Crippen LogP contribution is 2.15. The van der Waals surface area contributed by atoms with E-state index in [4.69, 9.17) is 9.47 Å². The summed E-state index contributed by atoms with van der Waals surface area (Å²) >= 11 is 0. The van der Waals surface area contributed by atoms with Crippen molar-refractivity contribution in [1.82, 2.24) is 10.2 Å². The normalized spacial score (nSPS) is 23.9. The van der Waals surface area contributed by atoms with Crippen molar-refractivity contribution in [2.24, 2.45) is 0 Å². The Morgan fingerprint density at radius 1 is 1.58 bits per heavy atom. The number of esters is 1. The third-order valence-corrected chi connectivity index (χ3v) is 3.65. The number of carbonyl (C=O) groups is 1. The molecular formula is C14H28N2O3. The number of hydrogen-bond donors (Lipinski definition) is 1. The van der Waals surface area contributed by atoms with E-state index in [1.165, 1.54) is 7.11 Å². The number of hydrogen-bond acceptors (Lipinski definition) is 5. The summed E-state index contributed by atoms with van der Waals surface area (Å²) in [5.74, 6) is -0.178. The van der Waals surface area contributed by atoms with E-state index in [2.05, 4.69) is 24.1 Å². The van der Waals surface area contributed by atoms with E-state index in [0.717, 1.165) is 45.6 Å². The molecule has 0 radical (unpaired) electrons. The van der Waals surface area contributed by atoms with Crippen LogP contribution in [0.5, 0.6) is 0 Å². The second-order valence-electron chi connectivity index (χ2n) is 5.48. The van der Waals surface area contributed by atoms with Gasteiger partial charge in [-0.2, -0.15) is 0 Å². The fraction of sp³-hybridized carbons (Fsp3) is 0.929. The summed E-state index contributed by atoms with van der Waals surface area (Å²) in [7, 11) is 1.45. The molecule has 0 aromatic heterocycles. The molecule has 1 rings (SSSR count). The first-order valence-corrected chi connectivity index (χ1v) is 7.19.